The molecule has 1 saturated heterocycles. The van der Waals surface area contributed by atoms with Crippen molar-refractivity contribution in [3.63, 3.8) is 0 Å². The van der Waals surface area contributed by atoms with Crippen LogP contribution in [0.25, 0.3) is 11.2 Å². The SMILES string of the molecule is COc1cccc(CC(=O)N2CC[C@H](Cc3nc4cccnc4n3C)C2)c1. The molecule has 4 rings (SSSR count). The van der Waals surface area contributed by atoms with Crippen molar-refractivity contribution in [2.24, 2.45) is 13.0 Å². The van der Waals surface area contributed by atoms with Gasteiger partial charge >= 0.3 is 0 Å². The van der Waals surface area contributed by atoms with Crippen LogP contribution in [0.1, 0.15) is 17.8 Å². The monoisotopic (exact) mass is 364 g/mol. The molecule has 0 saturated carbocycles. The minimum Gasteiger partial charge on any atom is -0.497 e. The van der Waals surface area contributed by atoms with Gasteiger partial charge in [0.1, 0.15) is 17.1 Å². The van der Waals surface area contributed by atoms with Gasteiger partial charge in [0.2, 0.25) is 5.91 Å². The van der Waals surface area contributed by atoms with Gasteiger partial charge in [-0.15, -0.1) is 0 Å². The Hall–Kier alpha value is -2.89. The molecule has 0 unspecified atom stereocenters. The van der Waals surface area contributed by atoms with Gasteiger partial charge in [-0.1, -0.05) is 12.1 Å². The summed E-state index contributed by atoms with van der Waals surface area (Å²) in [6, 6.07) is 11.6. The third-order valence-corrected chi connectivity index (χ3v) is 5.32. The molecule has 0 bridgehead atoms. The number of benzene rings is 1. The minimum absolute atomic E-state index is 0.178. The Balaban J connectivity index is 1.39. The van der Waals surface area contributed by atoms with Crippen molar-refractivity contribution in [3.05, 3.63) is 54.0 Å². The summed E-state index contributed by atoms with van der Waals surface area (Å²) < 4.78 is 7.31. The number of rotatable bonds is 5. The van der Waals surface area contributed by atoms with Crippen LogP contribution in [0.2, 0.25) is 0 Å². The normalized spacial score (nSPS) is 16.8. The van der Waals surface area contributed by atoms with Gasteiger partial charge in [0.25, 0.3) is 0 Å². The maximum atomic E-state index is 12.7. The molecular formula is C21H24N4O2. The molecule has 1 aliphatic rings. The van der Waals surface area contributed by atoms with E-state index in [1.54, 1.807) is 13.3 Å². The summed E-state index contributed by atoms with van der Waals surface area (Å²) in [5.74, 6) is 2.44. The van der Waals surface area contributed by atoms with E-state index in [9.17, 15) is 4.79 Å². The van der Waals surface area contributed by atoms with Crippen molar-refractivity contribution < 1.29 is 9.53 Å². The standard InChI is InChI=1S/C21H24N4O2/c1-24-19(23-18-7-4-9-22-21(18)24)12-16-8-10-25(14-16)20(26)13-15-5-3-6-17(11-15)27-2/h3-7,9,11,16H,8,10,12-14H2,1-2H3/t16-/m1/s1. The molecule has 1 atom stereocenters. The second kappa shape index (κ2) is 7.39. The highest BCUT2D eigenvalue weighted by molar-refractivity contribution is 5.79. The largest absolute Gasteiger partial charge is 0.497 e. The van der Waals surface area contributed by atoms with E-state index >= 15 is 0 Å². The van der Waals surface area contributed by atoms with E-state index in [1.165, 1.54) is 0 Å². The topological polar surface area (TPSA) is 60.2 Å². The number of hydrogen-bond acceptors (Lipinski definition) is 4. The van der Waals surface area contributed by atoms with Gasteiger partial charge in [-0.05, 0) is 42.2 Å². The van der Waals surface area contributed by atoms with Crippen LogP contribution in [-0.4, -0.2) is 45.5 Å². The van der Waals surface area contributed by atoms with Crippen molar-refractivity contribution >= 4 is 17.1 Å². The summed E-state index contributed by atoms with van der Waals surface area (Å²) in [6.07, 6.45) is 4.10. The Bertz CT molecular complexity index is 966. The minimum atomic E-state index is 0.178. The fraction of sp³-hybridized carbons (Fsp3) is 0.381. The Kier molecular flexibility index (Phi) is 4.79. The van der Waals surface area contributed by atoms with E-state index in [-0.39, 0.29) is 5.91 Å². The predicted molar refractivity (Wildman–Crippen MR) is 104 cm³/mol. The molecule has 140 valence electrons. The van der Waals surface area contributed by atoms with Crippen LogP contribution >= 0.6 is 0 Å². The van der Waals surface area contributed by atoms with Gasteiger partial charge < -0.3 is 14.2 Å². The van der Waals surface area contributed by atoms with Crippen molar-refractivity contribution in [3.8, 4) is 5.75 Å². The second-order valence-corrected chi connectivity index (χ2v) is 7.16. The summed E-state index contributed by atoms with van der Waals surface area (Å²) in [5, 5.41) is 0. The fourth-order valence-electron chi connectivity index (χ4n) is 3.81. The molecule has 27 heavy (non-hydrogen) atoms. The van der Waals surface area contributed by atoms with Gasteiger partial charge in [0.15, 0.2) is 5.65 Å². The molecule has 3 aromatic rings. The summed E-state index contributed by atoms with van der Waals surface area (Å²) in [4.78, 5) is 23.8. The van der Waals surface area contributed by atoms with Crippen molar-refractivity contribution in [2.75, 3.05) is 20.2 Å². The highest BCUT2D eigenvalue weighted by Gasteiger charge is 2.27. The highest BCUT2D eigenvalue weighted by Crippen LogP contribution is 2.23. The molecule has 2 aromatic heterocycles. The Morgan fingerprint density at radius 3 is 3.00 bits per heavy atom. The number of nitrogens with zero attached hydrogens (tertiary/aromatic N) is 4. The first kappa shape index (κ1) is 17.5. The first-order chi connectivity index (χ1) is 13.1. The zero-order valence-electron chi connectivity index (χ0n) is 15.8. The van der Waals surface area contributed by atoms with Gasteiger partial charge in [0, 0.05) is 32.8 Å². The third-order valence-electron chi connectivity index (χ3n) is 5.32. The molecule has 0 aliphatic carbocycles. The average molecular weight is 364 g/mol. The van der Waals surface area contributed by atoms with Crippen LogP contribution in [-0.2, 0) is 24.7 Å². The predicted octanol–water partition coefficient (Wildman–Crippen LogP) is 2.61. The molecule has 1 aromatic carbocycles. The van der Waals surface area contributed by atoms with E-state index in [0.29, 0.717) is 12.3 Å². The Morgan fingerprint density at radius 2 is 2.19 bits per heavy atom. The van der Waals surface area contributed by atoms with E-state index in [0.717, 1.165) is 54.2 Å². The number of hydrogen-bond donors (Lipinski definition) is 0. The smallest absolute Gasteiger partial charge is 0.227 e. The van der Waals surface area contributed by atoms with Crippen LogP contribution in [0.4, 0.5) is 0 Å². The molecule has 6 heteroatoms. The first-order valence-electron chi connectivity index (χ1n) is 9.31. The van der Waals surface area contributed by atoms with Gasteiger partial charge in [-0.2, -0.15) is 0 Å². The number of aryl methyl sites for hydroxylation is 1. The number of likely N-dealkylation sites (tertiary alicyclic amines) is 1. The maximum Gasteiger partial charge on any atom is 0.227 e. The number of pyridine rings is 1. The summed E-state index contributed by atoms with van der Waals surface area (Å²) in [6.45, 7) is 1.61. The Morgan fingerprint density at radius 1 is 1.30 bits per heavy atom. The van der Waals surface area contributed by atoms with Crippen molar-refractivity contribution in [1.82, 2.24) is 19.4 Å². The highest BCUT2D eigenvalue weighted by atomic mass is 16.5. The third kappa shape index (κ3) is 3.65. The van der Waals surface area contributed by atoms with Crippen molar-refractivity contribution in [1.29, 1.82) is 0 Å². The second-order valence-electron chi connectivity index (χ2n) is 7.16. The summed E-state index contributed by atoms with van der Waals surface area (Å²) in [7, 11) is 3.65. The van der Waals surface area contributed by atoms with Crippen LogP contribution in [0.3, 0.4) is 0 Å². The number of methoxy groups -OCH3 is 1. The lowest BCUT2D eigenvalue weighted by Crippen LogP contribution is -2.30. The molecule has 0 N–H and O–H groups in total. The van der Waals surface area contributed by atoms with E-state index in [1.807, 2.05) is 48.3 Å². The number of aromatic nitrogens is 3. The van der Waals surface area contributed by atoms with Crippen LogP contribution in [0.5, 0.6) is 5.75 Å². The lowest BCUT2D eigenvalue weighted by atomic mass is 10.0. The van der Waals surface area contributed by atoms with Crippen LogP contribution < -0.4 is 4.74 Å². The molecule has 0 spiro atoms. The van der Waals surface area contributed by atoms with Gasteiger partial charge in [-0.25, -0.2) is 9.97 Å². The molecule has 1 fully saturated rings. The fourth-order valence-corrected chi connectivity index (χ4v) is 3.81. The van der Waals surface area contributed by atoms with Crippen LogP contribution in [0, 0.1) is 5.92 Å². The lowest BCUT2D eigenvalue weighted by Gasteiger charge is -2.17. The molecule has 6 nitrogen and oxygen atoms in total. The number of carbonyl (C=O) groups is 1. The molecule has 1 aliphatic heterocycles. The Labute approximate surface area is 158 Å². The van der Waals surface area contributed by atoms with Gasteiger partial charge in [0.05, 0.1) is 13.5 Å². The van der Waals surface area contributed by atoms with Crippen molar-refractivity contribution in [2.45, 2.75) is 19.3 Å². The van der Waals surface area contributed by atoms with Crippen LogP contribution in [0.15, 0.2) is 42.6 Å². The van der Waals surface area contributed by atoms with E-state index in [4.69, 9.17) is 9.72 Å². The number of carbonyl (C=O) groups excluding carboxylic acids is 1. The quantitative estimate of drug-likeness (QED) is 0.698. The van der Waals surface area contributed by atoms with Gasteiger partial charge in [-0.3, -0.25) is 4.79 Å². The number of fused-ring (bicyclic) bond motifs is 1. The first-order valence-corrected chi connectivity index (χ1v) is 9.31. The average Bonchev–Trinajstić information content (AvgIpc) is 3.28. The zero-order valence-corrected chi connectivity index (χ0v) is 15.8. The molecule has 1 amide bonds. The number of amides is 1. The van der Waals surface area contributed by atoms with E-state index < -0.39 is 0 Å². The molecule has 3 heterocycles. The lowest BCUT2D eigenvalue weighted by molar-refractivity contribution is -0.129. The number of imidazole rings is 1. The molecular weight excluding hydrogens is 340 g/mol. The molecule has 0 radical (unpaired) electrons. The summed E-state index contributed by atoms with van der Waals surface area (Å²) >= 11 is 0. The van der Waals surface area contributed by atoms with E-state index in [2.05, 4.69) is 9.55 Å². The maximum absolute atomic E-state index is 12.7. The zero-order chi connectivity index (χ0) is 18.8. The number of ether oxygens (including phenoxy) is 1. The summed E-state index contributed by atoms with van der Waals surface area (Å²) in [5.41, 5.74) is 2.83.